The Kier molecular flexibility index (Phi) is 9.70. The van der Waals surface area contributed by atoms with E-state index in [-0.39, 0.29) is 18.4 Å². The molecule has 0 unspecified atom stereocenters. The fraction of sp³-hybridized carbons (Fsp3) is 0.367. The van der Waals surface area contributed by atoms with Gasteiger partial charge in [-0.1, -0.05) is 30.3 Å². The molecule has 2 amide bonds. The molecule has 1 aromatic heterocycles. The standard InChI is InChI=1S/C30H36N4O4/c1-24(35)34-19-9-17-32(22-26-11-5-6-15-31-26)16-8-18-33(21-25-10-3-4-14-29(25)34)30(36)23-38-28-13-7-12-27(20-28)37-2/h3-7,10-15,20H,8-9,16-19,21-23H2,1-2H3. The van der Waals surface area contributed by atoms with Gasteiger partial charge in [-0.2, -0.15) is 0 Å². The Morgan fingerprint density at radius 3 is 2.42 bits per heavy atom. The number of carbonyl (C=O) groups is 2. The van der Waals surface area contributed by atoms with Gasteiger partial charge in [-0.15, -0.1) is 0 Å². The Morgan fingerprint density at radius 1 is 0.895 bits per heavy atom. The van der Waals surface area contributed by atoms with Crippen LogP contribution in [0.2, 0.25) is 0 Å². The van der Waals surface area contributed by atoms with Crippen LogP contribution in [0.15, 0.2) is 72.9 Å². The predicted octanol–water partition coefficient (Wildman–Crippen LogP) is 4.15. The molecule has 0 radical (unpaired) electrons. The zero-order valence-corrected chi connectivity index (χ0v) is 22.2. The maximum atomic E-state index is 13.4. The van der Waals surface area contributed by atoms with Crippen LogP contribution < -0.4 is 14.4 Å². The summed E-state index contributed by atoms with van der Waals surface area (Å²) >= 11 is 0. The molecule has 38 heavy (non-hydrogen) atoms. The fourth-order valence-corrected chi connectivity index (χ4v) is 4.71. The van der Waals surface area contributed by atoms with Gasteiger partial charge in [0.05, 0.1) is 12.8 Å². The largest absolute Gasteiger partial charge is 0.497 e. The number of hydrogen-bond acceptors (Lipinski definition) is 6. The number of aromatic nitrogens is 1. The van der Waals surface area contributed by atoms with E-state index >= 15 is 0 Å². The lowest BCUT2D eigenvalue weighted by Gasteiger charge is -2.31. The molecule has 3 aromatic rings. The lowest BCUT2D eigenvalue weighted by Crippen LogP contribution is -2.39. The van der Waals surface area contributed by atoms with Crippen molar-refractivity contribution in [3.8, 4) is 11.5 Å². The summed E-state index contributed by atoms with van der Waals surface area (Å²) in [6, 6.07) is 21.0. The van der Waals surface area contributed by atoms with Crippen molar-refractivity contribution in [2.75, 3.05) is 44.8 Å². The average Bonchev–Trinajstić information content (AvgIpc) is 2.93. The molecule has 0 N–H and O–H groups in total. The first-order chi connectivity index (χ1) is 18.5. The molecule has 0 bridgehead atoms. The van der Waals surface area contributed by atoms with Crippen LogP contribution in [-0.4, -0.2) is 66.5 Å². The van der Waals surface area contributed by atoms with Gasteiger partial charge in [-0.05, 0) is 48.7 Å². The number of ether oxygens (including phenoxy) is 2. The Balaban J connectivity index is 1.54. The van der Waals surface area contributed by atoms with Gasteiger partial charge in [-0.25, -0.2) is 0 Å². The van der Waals surface area contributed by atoms with E-state index in [4.69, 9.17) is 9.47 Å². The molecule has 1 aliphatic rings. The van der Waals surface area contributed by atoms with Crippen molar-refractivity contribution in [1.29, 1.82) is 0 Å². The monoisotopic (exact) mass is 516 g/mol. The number of carbonyl (C=O) groups excluding carboxylic acids is 2. The first-order valence-electron chi connectivity index (χ1n) is 13.1. The molecule has 0 saturated heterocycles. The first kappa shape index (κ1) is 27.1. The summed E-state index contributed by atoms with van der Waals surface area (Å²) in [5.41, 5.74) is 2.81. The van der Waals surface area contributed by atoms with Crippen LogP contribution in [0.25, 0.3) is 0 Å². The minimum atomic E-state index is -0.106. The molecule has 0 atom stereocenters. The second-order valence-electron chi connectivity index (χ2n) is 9.39. The average molecular weight is 517 g/mol. The summed E-state index contributed by atoms with van der Waals surface area (Å²) in [5.74, 6) is 1.14. The maximum Gasteiger partial charge on any atom is 0.260 e. The second-order valence-corrected chi connectivity index (χ2v) is 9.39. The number of pyridine rings is 1. The van der Waals surface area contributed by atoms with Crippen LogP contribution in [0.5, 0.6) is 11.5 Å². The van der Waals surface area contributed by atoms with Crippen molar-refractivity contribution >= 4 is 17.5 Å². The zero-order chi connectivity index (χ0) is 26.7. The summed E-state index contributed by atoms with van der Waals surface area (Å²) in [6.07, 6.45) is 3.47. The van der Waals surface area contributed by atoms with Gasteiger partial charge in [0.15, 0.2) is 6.61 Å². The van der Waals surface area contributed by atoms with Gasteiger partial charge in [0.25, 0.3) is 5.91 Å². The Labute approximate surface area is 224 Å². The number of para-hydroxylation sites is 1. The van der Waals surface area contributed by atoms with E-state index in [1.165, 1.54) is 0 Å². The van der Waals surface area contributed by atoms with Crippen molar-refractivity contribution in [3.05, 3.63) is 84.2 Å². The molecule has 8 heteroatoms. The highest BCUT2D eigenvalue weighted by molar-refractivity contribution is 5.92. The number of hydrogen-bond donors (Lipinski definition) is 0. The minimum Gasteiger partial charge on any atom is -0.497 e. The fourth-order valence-electron chi connectivity index (χ4n) is 4.71. The van der Waals surface area contributed by atoms with E-state index in [9.17, 15) is 9.59 Å². The van der Waals surface area contributed by atoms with Gasteiger partial charge >= 0.3 is 0 Å². The lowest BCUT2D eigenvalue weighted by molar-refractivity contribution is -0.134. The van der Waals surface area contributed by atoms with Crippen molar-refractivity contribution < 1.29 is 19.1 Å². The third-order valence-corrected chi connectivity index (χ3v) is 6.65. The molecule has 0 fully saturated rings. The highest BCUT2D eigenvalue weighted by Gasteiger charge is 2.22. The highest BCUT2D eigenvalue weighted by atomic mass is 16.5. The van der Waals surface area contributed by atoms with Crippen LogP contribution in [0.4, 0.5) is 5.69 Å². The summed E-state index contributed by atoms with van der Waals surface area (Å²) in [5, 5.41) is 0. The van der Waals surface area contributed by atoms with E-state index in [0.717, 1.165) is 49.4 Å². The van der Waals surface area contributed by atoms with Crippen LogP contribution >= 0.6 is 0 Å². The molecule has 0 aliphatic carbocycles. The van der Waals surface area contributed by atoms with Crippen LogP contribution in [0.3, 0.4) is 0 Å². The quantitative estimate of drug-likeness (QED) is 0.490. The van der Waals surface area contributed by atoms with Crippen molar-refractivity contribution in [2.45, 2.75) is 32.9 Å². The molecular formula is C30H36N4O4. The van der Waals surface area contributed by atoms with Gasteiger partial charge in [0.2, 0.25) is 5.91 Å². The van der Waals surface area contributed by atoms with Crippen molar-refractivity contribution in [3.63, 3.8) is 0 Å². The molecule has 0 spiro atoms. The third-order valence-electron chi connectivity index (χ3n) is 6.65. The van der Waals surface area contributed by atoms with Crippen LogP contribution in [0.1, 0.15) is 31.0 Å². The minimum absolute atomic E-state index is 0.00924. The molecule has 1 aliphatic heterocycles. The Bertz CT molecular complexity index is 1200. The van der Waals surface area contributed by atoms with E-state index in [1.54, 1.807) is 20.1 Å². The number of amides is 2. The Hall–Kier alpha value is -3.91. The lowest BCUT2D eigenvalue weighted by atomic mass is 10.1. The SMILES string of the molecule is COc1cccc(OCC(=O)N2CCCN(Cc3ccccn3)CCCN(C(C)=O)c3ccccc3C2)c1. The molecule has 2 aromatic carbocycles. The van der Waals surface area contributed by atoms with Crippen LogP contribution in [-0.2, 0) is 22.7 Å². The normalized spacial score (nSPS) is 15.1. The smallest absolute Gasteiger partial charge is 0.260 e. The molecule has 8 nitrogen and oxygen atoms in total. The molecule has 2 heterocycles. The van der Waals surface area contributed by atoms with Gasteiger partial charge in [-0.3, -0.25) is 19.5 Å². The number of methoxy groups -OCH3 is 1. The van der Waals surface area contributed by atoms with Crippen LogP contribution in [0, 0.1) is 0 Å². The predicted molar refractivity (Wildman–Crippen MR) is 147 cm³/mol. The zero-order valence-electron chi connectivity index (χ0n) is 22.2. The van der Waals surface area contributed by atoms with E-state index < -0.39 is 0 Å². The van der Waals surface area contributed by atoms with Gasteiger partial charge < -0.3 is 19.3 Å². The molecular weight excluding hydrogens is 480 g/mol. The van der Waals surface area contributed by atoms with E-state index in [2.05, 4.69) is 9.88 Å². The van der Waals surface area contributed by atoms with E-state index in [0.29, 0.717) is 31.1 Å². The summed E-state index contributed by atoms with van der Waals surface area (Å²) in [4.78, 5) is 36.6. The van der Waals surface area contributed by atoms with Gasteiger partial charge in [0, 0.05) is 64.1 Å². The molecule has 4 rings (SSSR count). The summed E-state index contributed by atoms with van der Waals surface area (Å²) in [6.45, 7) is 5.48. The maximum absolute atomic E-state index is 13.4. The number of anilines is 1. The summed E-state index contributed by atoms with van der Waals surface area (Å²) in [7, 11) is 1.60. The number of benzene rings is 2. The topological polar surface area (TPSA) is 75.2 Å². The van der Waals surface area contributed by atoms with E-state index in [1.807, 2.05) is 76.7 Å². The number of fused-ring (bicyclic) bond motifs is 1. The number of nitrogens with zero attached hydrogens (tertiary/aromatic N) is 4. The molecule has 200 valence electrons. The van der Waals surface area contributed by atoms with Crippen molar-refractivity contribution in [2.24, 2.45) is 0 Å². The highest BCUT2D eigenvalue weighted by Crippen LogP contribution is 2.24. The summed E-state index contributed by atoms with van der Waals surface area (Å²) < 4.78 is 11.1. The Morgan fingerprint density at radius 2 is 1.66 bits per heavy atom. The van der Waals surface area contributed by atoms with Crippen molar-refractivity contribution in [1.82, 2.24) is 14.8 Å². The molecule has 0 saturated carbocycles. The van der Waals surface area contributed by atoms with Gasteiger partial charge in [0.1, 0.15) is 11.5 Å². The number of rotatable bonds is 6. The first-order valence-corrected chi connectivity index (χ1v) is 13.1. The third kappa shape index (κ3) is 7.55. The second kappa shape index (κ2) is 13.6.